The SMILES string of the molecule is COC(=O)c1c(-c2ccc(CN(CC(C)C)CC(C)C)cc2)nn(-c2ccccc2)c1C(=O)OC. The van der Waals surface area contributed by atoms with Crippen LogP contribution in [0.5, 0.6) is 0 Å². The number of ether oxygens (including phenoxy) is 2. The van der Waals surface area contributed by atoms with Gasteiger partial charge in [0.15, 0.2) is 5.69 Å². The minimum absolute atomic E-state index is 0.0321. The van der Waals surface area contributed by atoms with Crippen LogP contribution in [-0.4, -0.2) is 53.9 Å². The van der Waals surface area contributed by atoms with Crippen LogP contribution in [0.1, 0.15) is 54.1 Å². The van der Waals surface area contributed by atoms with E-state index in [-0.39, 0.29) is 11.3 Å². The van der Waals surface area contributed by atoms with Crippen LogP contribution in [0.25, 0.3) is 16.9 Å². The van der Waals surface area contributed by atoms with E-state index < -0.39 is 11.9 Å². The van der Waals surface area contributed by atoms with E-state index in [1.54, 1.807) is 0 Å². The van der Waals surface area contributed by atoms with Crippen molar-refractivity contribution >= 4 is 11.9 Å². The Bertz CT molecular complexity index is 1130. The highest BCUT2D eigenvalue weighted by atomic mass is 16.5. The summed E-state index contributed by atoms with van der Waals surface area (Å²) in [5.74, 6) is -0.155. The van der Waals surface area contributed by atoms with Crippen molar-refractivity contribution in [2.45, 2.75) is 34.2 Å². The molecule has 3 aromatic rings. The fourth-order valence-corrected chi connectivity index (χ4v) is 4.22. The van der Waals surface area contributed by atoms with E-state index in [1.165, 1.54) is 24.5 Å². The maximum Gasteiger partial charge on any atom is 0.357 e. The quantitative estimate of drug-likeness (QED) is 0.373. The molecule has 0 amide bonds. The Morgan fingerprint density at radius 2 is 1.43 bits per heavy atom. The Hall–Kier alpha value is -3.45. The summed E-state index contributed by atoms with van der Waals surface area (Å²) >= 11 is 0. The van der Waals surface area contributed by atoms with Crippen molar-refractivity contribution in [3.63, 3.8) is 0 Å². The number of nitrogens with zero attached hydrogens (tertiary/aromatic N) is 3. The molecule has 1 heterocycles. The summed E-state index contributed by atoms with van der Waals surface area (Å²) in [6.07, 6.45) is 0. The molecule has 186 valence electrons. The average molecular weight is 478 g/mol. The summed E-state index contributed by atoms with van der Waals surface area (Å²) in [6, 6.07) is 17.1. The number of para-hydroxylation sites is 1. The molecule has 2 aromatic carbocycles. The van der Waals surface area contributed by atoms with Crippen LogP contribution < -0.4 is 0 Å². The lowest BCUT2D eigenvalue weighted by molar-refractivity contribution is 0.0549. The van der Waals surface area contributed by atoms with Gasteiger partial charge in [-0.3, -0.25) is 4.90 Å². The largest absolute Gasteiger partial charge is 0.465 e. The van der Waals surface area contributed by atoms with Crippen LogP contribution in [0.15, 0.2) is 54.6 Å². The van der Waals surface area contributed by atoms with Crippen molar-refractivity contribution in [2.75, 3.05) is 27.3 Å². The van der Waals surface area contributed by atoms with E-state index >= 15 is 0 Å². The summed E-state index contributed by atoms with van der Waals surface area (Å²) < 4.78 is 11.5. The summed E-state index contributed by atoms with van der Waals surface area (Å²) in [4.78, 5) is 28.0. The molecule has 7 nitrogen and oxygen atoms in total. The second kappa shape index (κ2) is 11.8. The van der Waals surface area contributed by atoms with Gasteiger partial charge in [-0.05, 0) is 29.5 Å². The molecule has 0 aliphatic carbocycles. The first-order chi connectivity index (χ1) is 16.7. The number of esters is 2. The van der Waals surface area contributed by atoms with Crippen molar-refractivity contribution in [1.29, 1.82) is 0 Å². The third kappa shape index (κ3) is 6.36. The molecule has 0 aliphatic rings. The lowest BCUT2D eigenvalue weighted by atomic mass is 10.0. The molecule has 7 heteroatoms. The predicted molar refractivity (Wildman–Crippen MR) is 137 cm³/mol. The molecular formula is C28H35N3O4. The molecule has 0 fully saturated rings. The molecular weight excluding hydrogens is 442 g/mol. The number of aromatic nitrogens is 2. The standard InChI is InChI=1S/C28H35N3O4/c1-19(2)16-30(17-20(3)4)18-21-12-14-22(15-13-21)25-24(27(32)34-5)26(28(33)35-6)31(29-25)23-10-8-7-9-11-23/h7-15,19-20H,16-18H2,1-6H3. The topological polar surface area (TPSA) is 73.7 Å². The zero-order chi connectivity index (χ0) is 25.5. The first kappa shape index (κ1) is 26.2. The first-order valence-corrected chi connectivity index (χ1v) is 11.9. The summed E-state index contributed by atoms with van der Waals surface area (Å²) in [5.41, 5.74) is 3.01. The number of carbonyl (C=O) groups is 2. The van der Waals surface area contributed by atoms with Gasteiger partial charge in [-0.1, -0.05) is 70.2 Å². The van der Waals surface area contributed by atoms with Crippen LogP contribution in [0.3, 0.4) is 0 Å². The molecule has 1 aromatic heterocycles. The Balaban J connectivity index is 2.05. The Kier molecular flexibility index (Phi) is 8.82. The summed E-state index contributed by atoms with van der Waals surface area (Å²) in [7, 11) is 2.56. The van der Waals surface area contributed by atoms with Gasteiger partial charge in [-0.2, -0.15) is 5.10 Å². The smallest absolute Gasteiger partial charge is 0.357 e. The molecule has 3 rings (SSSR count). The Labute approximate surface area is 207 Å². The lowest BCUT2D eigenvalue weighted by Crippen LogP contribution is -2.30. The van der Waals surface area contributed by atoms with E-state index in [1.807, 2.05) is 54.6 Å². The molecule has 0 aliphatic heterocycles. The monoisotopic (exact) mass is 477 g/mol. The highest BCUT2D eigenvalue weighted by Crippen LogP contribution is 2.29. The van der Waals surface area contributed by atoms with Crippen LogP contribution >= 0.6 is 0 Å². The average Bonchev–Trinajstić information content (AvgIpc) is 3.24. The highest BCUT2D eigenvalue weighted by molar-refractivity contribution is 6.06. The Morgan fingerprint density at radius 1 is 0.857 bits per heavy atom. The number of hydrogen-bond acceptors (Lipinski definition) is 6. The van der Waals surface area contributed by atoms with Gasteiger partial charge >= 0.3 is 11.9 Å². The van der Waals surface area contributed by atoms with Crippen LogP contribution in [-0.2, 0) is 16.0 Å². The predicted octanol–water partition coefficient (Wildman–Crippen LogP) is 5.23. The zero-order valence-electron chi connectivity index (χ0n) is 21.4. The van der Waals surface area contributed by atoms with Crippen LogP contribution in [0, 0.1) is 11.8 Å². The van der Waals surface area contributed by atoms with E-state index in [0.29, 0.717) is 28.8 Å². The van der Waals surface area contributed by atoms with Crippen molar-refractivity contribution < 1.29 is 19.1 Å². The molecule has 0 saturated heterocycles. The van der Waals surface area contributed by atoms with Crippen molar-refractivity contribution in [3.05, 3.63) is 71.4 Å². The van der Waals surface area contributed by atoms with Crippen molar-refractivity contribution in [3.8, 4) is 16.9 Å². The first-order valence-electron chi connectivity index (χ1n) is 11.9. The van der Waals surface area contributed by atoms with E-state index in [4.69, 9.17) is 9.47 Å². The molecule has 0 N–H and O–H groups in total. The minimum atomic E-state index is -0.664. The molecule has 0 radical (unpaired) electrons. The fraction of sp³-hybridized carbons (Fsp3) is 0.393. The van der Waals surface area contributed by atoms with Gasteiger partial charge in [0, 0.05) is 25.2 Å². The van der Waals surface area contributed by atoms with Gasteiger partial charge in [-0.15, -0.1) is 0 Å². The fourth-order valence-electron chi connectivity index (χ4n) is 4.22. The molecule has 0 unspecified atom stereocenters. The number of benzene rings is 2. The maximum absolute atomic E-state index is 12.8. The van der Waals surface area contributed by atoms with Gasteiger partial charge in [0.2, 0.25) is 0 Å². The van der Waals surface area contributed by atoms with Crippen molar-refractivity contribution in [1.82, 2.24) is 14.7 Å². The van der Waals surface area contributed by atoms with E-state index in [0.717, 1.165) is 19.6 Å². The normalized spacial score (nSPS) is 11.3. The maximum atomic E-state index is 12.8. The van der Waals surface area contributed by atoms with Crippen LogP contribution in [0.4, 0.5) is 0 Å². The molecule has 0 atom stereocenters. The van der Waals surface area contributed by atoms with Gasteiger partial charge in [0.05, 0.1) is 19.9 Å². The summed E-state index contributed by atoms with van der Waals surface area (Å²) in [6.45, 7) is 11.8. The second-order valence-electron chi connectivity index (χ2n) is 9.48. The minimum Gasteiger partial charge on any atom is -0.465 e. The lowest BCUT2D eigenvalue weighted by Gasteiger charge is -2.26. The zero-order valence-corrected chi connectivity index (χ0v) is 21.4. The van der Waals surface area contributed by atoms with Gasteiger partial charge < -0.3 is 9.47 Å². The van der Waals surface area contributed by atoms with E-state index in [9.17, 15) is 9.59 Å². The number of rotatable bonds is 10. The summed E-state index contributed by atoms with van der Waals surface area (Å²) in [5, 5.41) is 4.66. The highest BCUT2D eigenvalue weighted by Gasteiger charge is 2.31. The second-order valence-corrected chi connectivity index (χ2v) is 9.48. The van der Waals surface area contributed by atoms with Gasteiger partial charge in [-0.25, -0.2) is 14.3 Å². The van der Waals surface area contributed by atoms with Crippen LogP contribution in [0.2, 0.25) is 0 Å². The van der Waals surface area contributed by atoms with Crippen molar-refractivity contribution in [2.24, 2.45) is 11.8 Å². The third-order valence-corrected chi connectivity index (χ3v) is 5.53. The Morgan fingerprint density at radius 3 is 1.94 bits per heavy atom. The molecule has 35 heavy (non-hydrogen) atoms. The third-order valence-electron chi connectivity index (χ3n) is 5.53. The number of hydrogen-bond donors (Lipinski definition) is 0. The molecule has 0 saturated carbocycles. The van der Waals surface area contributed by atoms with Gasteiger partial charge in [0.1, 0.15) is 11.3 Å². The molecule has 0 bridgehead atoms. The van der Waals surface area contributed by atoms with Gasteiger partial charge in [0.25, 0.3) is 0 Å². The number of methoxy groups -OCH3 is 2. The number of carbonyl (C=O) groups excluding carboxylic acids is 2. The van der Waals surface area contributed by atoms with E-state index in [2.05, 4.69) is 37.7 Å². The molecule has 0 spiro atoms.